The van der Waals surface area contributed by atoms with Crippen LogP contribution >= 0.6 is 0 Å². The van der Waals surface area contributed by atoms with Gasteiger partial charge >= 0.3 is 0 Å². The van der Waals surface area contributed by atoms with Crippen LogP contribution < -0.4 is 15.4 Å². The molecule has 0 amide bonds. The smallest absolute Gasteiger partial charge is 0.142 e. The molecule has 0 fully saturated rings. The molecule has 6 heteroatoms. The summed E-state index contributed by atoms with van der Waals surface area (Å²) in [5.41, 5.74) is 0.865. The summed E-state index contributed by atoms with van der Waals surface area (Å²) in [6.07, 6.45) is 2.45. The lowest BCUT2D eigenvalue weighted by atomic mass is 10.3. The molecule has 0 saturated carbocycles. The molecule has 6 nitrogen and oxygen atoms in total. The van der Waals surface area contributed by atoms with Crippen LogP contribution in [0.5, 0.6) is 5.75 Å². The standard InChI is InChI=1S/C15H20N4O2/c1-20-9-5-8-16-14-10-15(18-11-17-14)19-12-6-3-4-7-13(12)21-2/h3-4,6-7,10-11H,5,8-9H2,1-2H3,(H2,16,17,18,19). The number of rotatable bonds is 8. The second-order valence-corrected chi connectivity index (χ2v) is 4.39. The zero-order valence-electron chi connectivity index (χ0n) is 12.3. The second-order valence-electron chi connectivity index (χ2n) is 4.39. The molecule has 112 valence electrons. The molecule has 2 aromatic rings. The first-order valence-electron chi connectivity index (χ1n) is 6.78. The first kappa shape index (κ1) is 15.1. The van der Waals surface area contributed by atoms with Crippen molar-refractivity contribution in [1.82, 2.24) is 9.97 Å². The highest BCUT2D eigenvalue weighted by Gasteiger charge is 2.04. The van der Waals surface area contributed by atoms with E-state index in [-0.39, 0.29) is 0 Å². The number of nitrogens with one attached hydrogen (secondary N) is 2. The Morgan fingerprint density at radius 3 is 2.71 bits per heavy atom. The summed E-state index contributed by atoms with van der Waals surface area (Å²) >= 11 is 0. The van der Waals surface area contributed by atoms with Gasteiger partial charge in [0.1, 0.15) is 23.7 Å². The maximum Gasteiger partial charge on any atom is 0.142 e. The van der Waals surface area contributed by atoms with Crippen molar-refractivity contribution in [3.63, 3.8) is 0 Å². The summed E-state index contributed by atoms with van der Waals surface area (Å²) in [7, 11) is 3.34. The van der Waals surface area contributed by atoms with Crippen LogP contribution in [-0.2, 0) is 4.74 Å². The molecule has 2 N–H and O–H groups in total. The van der Waals surface area contributed by atoms with E-state index in [9.17, 15) is 0 Å². The minimum absolute atomic E-state index is 0.712. The Balaban J connectivity index is 2.00. The van der Waals surface area contributed by atoms with Crippen LogP contribution in [0.4, 0.5) is 17.3 Å². The van der Waals surface area contributed by atoms with Crippen molar-refractivity contribution < 1.29 is 9.47 Å². The molecule has 0 aliphatic heterocycles. The van der Waals surface area contributed by atoms with E-state index in [1.807, 2.05) is 30.3 Å². The number of nitrogens with zero attached hydrogens (tertiary/aromatic N) is 2. The van der Waals surface area contributed by atoms with Crippen LogP contribution in [0.1, 0.15) is 6.42 Å². The molecule has 21 heavy (non-hydrogen) atoms. The van der Waals surface area contributed by atoms with E-state index in [2.05, 4.69) is 20.6 Å². The molecular formula is C15H20N4O2. The summed E-state index contributed by atoms with van der Waals surface area (Å²) in [5.74, 6) is 2.26. The Morgan fingerprint density at radius 2 is 1.90 bits per heavy atom. The van der Waals surface area contributed by atoms with Crippen molar-refractivity contribution in [2.24, 2.45) is 0 Å². The number of methoxy groups -OCH3 is 2. The molecule has 0 bridgehead atoms. The first-order valence-corrected chi connectivity index (χ1v) is 6.78. The largest absolute Gasteiger partial charge is 0.495 e. The molecule has 1 aromatic carbocycles. The lowest BCUT2D eigenvalue weighted by Crippen LogP contribution is -2.07. The van der Waals surface area contributed by atoms with Crippen LogP contribution in [0.25, 0.3) is 0 Å². The summed E-state index contributed by atoms with van der Waals surface area (Å²) in [6.45, 7) is 1.53. The second kappa shape index (κ2) is 8.06. The van der Waals surface area contributed by atoms with E-state index < -0.39 is 0 Å². The van der Waals surface area contributed by atoms with Gasteiger partial charge in [0.15, 0.2) is 0 Å². The fourth-order valence-electron chi connectivity index (χ4n) is 1.84. The van der Waals surface area contributed by atoms with E-state index in [0.717, 1.165) is 36.8 Å². The Labute approximate surface area is 124 Å². The quantitative estimate of drug-likeness (QED) is 0.728. The summed E-state index contributed by atoms with van der Waals surface area (Å²) in [5, 5.41) is 6.46. The zero-order valence-corrected chi connectivity index (χ0v) is 12.3. The van der Waals surface area contributed by atoms with E-state index in [4.69, 9.17) is 9.47 Å². The van der Waals surface area contributed by atoms with Gasteiger partial charge in [-0.1, -0.05) is 12.1 Å². The molecule has 0 radical (unpaired) electrons. The van der Waals surface area contributed by atoms with Gasteiger partial charge in [0, 0.05) is 26.3 Å². The van der Waals surface area contributed by atoms with Crippen LogP contribution in [0, 0.1) is 0 Å². The lowest BCUT2D eigenvalue weighted by molar-refractivity contribution is 0.198. The Bertz CT molecular complexity index is 563. The lowest BCUT2D eigenvalue weighted by Gasteiger charge is -2.11. The molecule has 0 aliphatic carbocycles. The fraction of sp³-hybridized carbons (Fsp3) is 0.333. The molecule has 1 aromatic heterocycles. The van der Waals surface area contributed by atoms with Crippen LogP contribution in [-0.4, -0.2) is 37.3 Å². The normalized spacial score (nSPS) is 10.2. The topological polar surface area (TPSA) is 68.3 Å². The van der Waals surface area contributed by atoms with E-state index in [1.54, 1.807) is 14.2 Å². The molecule has 2 rings (SSSR count). The van der Waals surface area contributed by atoms with Gasteiger partial charge in [0.05, 0.1) is 12.8 Å². The molecule has 1 heterocycles. The highest BCUT2D eigenvalue weighted by molar-refractivity contribution is 5.65. The predicted molar refractivity (Wildman–Crippen MR) is 83.3 cm³/mol. The van der Waals surface area contributed by atoms with Crippen molar-refractivity contribution in [2.75, 3.05) is 38.0 Å². The maximum atomic E-state index is 5.30. The van der Waals surface area contributed by atoms with Gasteiger partial charge in [-0.2, -0.15) is 0 Å². The zero-order chi connectivity index (χ0) is 14.9. The van der Waals surface area contributed by atoms with Crippen molar-refractivity contribution in [3.8, 4) is 5.75 Å². The summed E-state index contributed by atoms with van der Waals surface area (Å²) in [4.78, 5) is 8.40. The minimum Gasteiger partial charge on any atom is -0.495 e. The van der Waals surface area contributed by atoms with Crippen molar-refractivity contribution >= 4 is 17.3 Å². The average Bonchev–Trinajstić information content (AvgIpc) is 2.52. The molecule has 0 unspecified atom stereocenters. The predicted octanol–water partition coefficient (Wildman–Crippen LogP) is 2.68. The Morgan fingerprint density at radius 1 is 1.10 bits per heavy atom. The SMILES string of the molecule is COCCCNc1cc(Nc2ccccc2OC)ncn1. The van der Waals surface area contributed by atoms with Gasteiger partial charge in [-0.25, -0.2) is 9.97 Å². The number of hydrogen-bond acceptors (Lipinski definition) is 6. The van der Waals surface area contributed by atoms with E-state index >= 15 is 0 Å². The van der Waals surface area contributed by atoms with Gasteiger partial charge in [-0.05, 0) is 18.6 Å². The van der Waals surface area contributed by atoms with Crippen LogP contribution in [0.2, 0.25) is 0 Å². The third-order valence-corrected chi connectivity index (χ3v) is 2.87. The Hall–Kier alpha value is -2.34. The van der Waals surface area contributed by atoms with Gasteiger partial charge in [0.25, 0.3) is 0 Å². The summed E-state index contributed by atoms with van der Waals surface area (Å²) < 4.78 is 10.3. The maximum absolute atomic E-state index is 5.30. The fourth-order valence-corrected chi connectivity index (χ4v) is 1.84. The molecular weight excluding hydrogens is 268 g/mol. The molecule has 0 aliphatic rings. The van der Waals surface area contributed by atoms with Crippen LogP contribution in [0.3, 0.4) is 0 Å². The average molecular weight is 288 g/mol. The van der Waals surface area contributed by atoms with E-state index in [1.165, 1.54) is 6.33 Å². The molecule has 0 saturated heterocycles. The number of ether oxygens (including phenoxy) is 2. The highest BCUT2D eigenvalue weighted by Crippen LogP contribution is 2.26. The van der Waals surface area contributed by atoms with Gasteiger partial charge in [0.2, 0.25) is 0 Å². The third-order valence-electron chi connectivity index (χ3n) is 2.87. The Kier molecular flexibility index (Phi) is 5.78. The monoisotopic (exact) mass is 288 g/mol. The molecule has 0 spiro atoms. The number of hydrogen-bond donors (Lipinski definition) is 2. The summed E-state index contributed by atoms with van der Waals surface area (Å²) in [6, 6.07) is 9.56. The van der Waals surface area contributed by atoms with Crippen molar-refractivity contribution in [3.05, 3.63) is 36.7 Å². The van der Waals surface area contributed by atoms with Crippen molar-refractivity contribution in [2.45, 2.75) is 6.42 Å². The highest BCUT2D eigenvalue weighted by atomic mass is 16.5. The first-order chi connectivity index (χ1) is 10.3. The van der Waals surface area contributed by atoms with E-state index in [0.29, 0.717) is 5.82 Å². The molecule has 0 atom stereocenters. The number of anilines is 3. The number of para-hydroxylation sites is 2. The van der Waals surface area contributed by atoms with Gasteiger partial charge < -0.3 is 20.1 Å². The van der Waals surface area contributed by atoms with Crippen molar-refractivity contribution in [1.29, 1.82) is 0 Å². The third kappa shape index (κ3) is 4.61. The van der Waals surface area contributed by atoms with Gasteiger partial charge in [-0.3, -0.25) is 0 Å². The minimum atomic E-state index is 0.712. The van der Waals surface area contributed by atoms with Crippen LogP contribution in [0.15, 0.2) is 36.7 Å². The number of aromatic nitrogens is 2. The van der Waals surface area contributed by atoms with Gasteiger partial charge in [-0.15, -0.1) is 0 Å². The number of benzene rings is 1.